The maximum absolute atomic E-state index is 14.7. The van der Waals surface area contributed by atoms with Crippen molar-refractivity contribution >= 4 is 69.2 Å². The molecule has 3 N–H and O–H groups in total. The van der Waals surface area contributed by atoms with Crippen LogP contribution in [0.15, 0.2) is 114 Å². The van der Waals surface area contributed by atoms with E-state index < -0.39 is 22.9 Å². The van der Waals surface area contributed by atoms with Crippen LogP contribution >= 0.6 is 34.7 Å². The molecule has 7 nitrogen and oxygen atoms in total. The Morgan fingerprint density at radius 1 is 1.00 bits per heavy atom. The second-order valence-corrected chi connectivity index (χ2v) is 15.0. The van der Waals surface area contributed by atoms with Crippen molar-refractivity contribution < 1.29 is 18.8 Å². The Morgan fingerprint density at radius 3 is 2.44 bits per heavy atom. The summed E-state index contributed by atoms with van der Waals surface area (Å²) in [6.45, 7) is 1.91. The van der Waals surface area contributed by atoms with E-state index in [2.05, 4.69) is 34.2 Å². The van der Waals surface area contributed by atoms with Crippen LogP contribution in [0.4, 0.5) is 15.1 Å². The first-order valence-electron chi connectivity index (χ1n) is 16.7. The van der Waals surface area contributed by atoms with E-state index in [-0.39, 0.29) is 22.2 Å². The van der Waals surface area contributed by atoms with Gasteiger partial charge in [0.1, 0.15) is 22.6 Å². The molecule has 0 radical (unpaired) electrons. The molecule has 6 rings (SSSR count). The number of benzene rings is 4. The highest BCUT2D eigenvalue weighted by molar-refractivity contribution is 8.00. The first kappa shape index (κ1) is 36.6. The largest absolute Gasteiger partial charge is 0.321 e. The third-order valence-electron chi connectivity index (χ3n) is 8.74. The SMILES string of the molecule is CCC(Sc1cccc(NC(=O)/C(=C\c2c(F)cccc2Cl)NC(=O)c2ccccc2)c1)C(=O)Nc1sc2c(c1C#N)CCC(c1ccccc1)C2. The van der Waals surface area contributed by atoms with Gasteiger partial charge < -0.3 is 16.0 Å². The van der Waals surface area contributed by atoms with Crippen molar-refractivity contribution in [1.82, 2.24) is 5.32 Å². The van der Waals surface area contributed by atoms with Gasteiger partial charge in [0.25, 0.3) is 11.8 Å². The van der Waals surface area contributed by atoms with Gasteiger partial charge in [-0.2, -0.15) is 5.26 Å². The predicted octanol–water partition coefficient (Wildman–Crippen LogP) is 9.60. The van der Waals surface area contributed by atoms with Crippen molar-refractivity contribution in [3.8, 4) is 6.07 Å². The van der Waals surface area contributed by atoms with E-state index in [9.17, 15) is 24.0 Å². The molecule has 11 heteroatoms. The van der Waals surface area contributed by atoms with Crippen LogP contribution in [-0.2, 0) is 22.4 Å². The highest BCUT2D eigenvalue weighted by Gasteiger charge is 2.29. The minimum absolute atomic E-state index is 0.0501. The number of halogens is 2. The molecule has 1 aliphatic carbocycles. The van der Waals surface area contributed by atoms with Crippen molar-refractivity contribution in [1.29, 1.82) is 5.26 Å². The van der Waals surface area contributed by atoms with Gasteiger partial charge in [-0.3, -0.25) is 14.4 Å². The van der Waals surface area contributed by atoms with Gasteiger partial charge in [0.15, 0.2) is 0 Å². The third-order valence-corrected chi connectivity index (χ3v) is 11.6. The minimum atomic E-state index is -0.698. The molecule has 0 saturated carbocycles. The van der Waals surface area contributed by atoms with Crippen LogP contribution in [0.1, 0.15) is 63.2 Å². The predicted molar refractivity (Wildman–Crippen MR) is 207 cm³/mol. The maximum Gasteiger partial charge on any atom is 0.272 e. The number of nitrogens with zero attached hydrogens (tertiary/aromatic N) is 1. The summed E-state index contributed by atoms with van der Waals surface area (Å²) < 4.78 is 14.7. The monoisotopic (exact) mass is 748 g/mol. The Hall–Kier alpha value is -5.21. The van der Waals surface area contributed by atoms with Gasteiger partial charge in [-0.15, -0.1) is 23.1 Å². The zero-order chi connectivity index (χ0) is 36.6. The van der Waals surface area contributed by atoms with Crippen LogP contribution in [0.25, 0.3) is 6.08 Å². The van der Waals surface area contributed by atoms with E-state index in [1.165, 1.54) is 52.9 Å². The number of hydrogen-bond donors (Lipinski definition) is 3. The normalized spacial score (nSPS) is 14.4. The van der Waals surface area contributed by atoms with Gasteiger partial charge in [0.05, 0.1) is 15.8 Å². The second-order valence-electron chi connectivity index (χ2n) is 12.2. The number of thiophene rings is 1. The zero-order valence-corrected chi connectivity index (χ0v) is 30.5. The summed E-state index contributed by atoms with van der Waals surface area (Å²) >= 11 is 9.06. The summed E-state index contributed by atoms with van der Waals surface area (Å²) in [6, 6.07) is 32.2. The summed E-state index contributed by atoms with van der Waals surface area (Å²) in [7, 11) is 0. The Labute approximate surface area is 314 Å². The number of nitriles is 1. The molecular weight excluding hydrogens is 715 g/mol. The van der Waals surface area contributed by atoms with Crippen LogP contribution < -0.4 is 16.0 Å². The number of nitrogens with one attached hydrogen (secondary N) is 3. The molecule has 5 aromatic rings. The molecule has 0 bridgehead atoms. The van der Waals surface area contributed by atoms with Crippen LogP contribution in [0, 0.1) is 17.1 Å². The number of amides is 3. The molecule has 0 aliphatic heterocycles. The standard InChI is InChI=1S/C41H34ClFN4O3S2/c1-2-36(40(50)47-41-32(24-44)30-20-19-27(21-37(30)52-41)25-11-5-3-6-12-25)51-29-16-9-15-28(22-29)45-39(49)35(23-31-33(42)17-10-18-34(31)43)46-38(48)26-13-7-4-8-14-26/h3-18,22-23,27,36H,2,19-21H2,1H3,(H,45,49)(H,46,48)(H,47,50)/b35-23+. The third kappa shape index (κ3) is 8.62. The summed E-state index contributed by atoms with van der Waals surface area (Å²) in [5, 5.41) is 18.6. The molecule has 262 valence electrons. The van der Waals surface area contributed by atoms with Gasteiger partial charge in [-0.1, -0.05) is 79.2 Å². The fourth-order valence-corrected chi connectivity index (χ4v) is 8.57. The number of anilines is 2. The molecule has 0 fully saturated rings. The number of carbonyl (C=O) groups is 3. The lowest BCUT2D eigenvalue weighted by Gasteiger charge is -2.22. The van der Waals surface area contributed by atoms with Gasteiger partial charge >= 0.3 is 0 Å². The van der Waals surface area contributed by atoms with E-state index in [4.69, 9.17) is 11.6 Å². The molecule has 1 heterocycles. The molecule has 4 aromatic carbocycles. The van der Waals surface area contributed by atoms with Crippen molar-refractivity contribution in [2.45, 2.75) is 48.7 Å². The van der Waals surface area contributed by atoms with Crippen LogP contribution in [0.2, 0.25) is 5.02 Å². The second kappa shape index (κ2) is 16.9. The smallest absolute Gasteiger partial charge is 0.272 e. The highest BCUT2D eigenvalue weighted by Crippen LogP contribution is 2.42. The summed E-state index contributed by atoms with van der Waals surface area (Å²) in [6.07, 6.45) is 4.28. The lowest BCUT2D eigenvalue weighted by molar-refractivity contribution is -0.116. The lowest BCUT2D eigenvalue weighted by Crippen LogP contribution is -2.30. The summed E-state index contributed by atoms with van der Waals surface area (Å²) in [5.74, 6) is -1.76. The maximum atomic E-state index is 14.7. The molecule has 2 unspecified atom stereocenters. The Bertz CT molecular complexity index is 2160. The summed E-state index contributed by atoms with van der Waals surface area (Å²) in [5.41, 5.74) is 3.30. The van der Waals surface area contributed by atoms with E-state index in [1.807, 2.05) is 31.2 Å². The van der Waals surface area contributed by atoms with Gasteiger partial charge in [0.2, 0.25) is 5.91 Å². The molecule has 0 spiro atoms. The van der Waals surface area contributed by atoms with E-state index in [1.54, 1.807) is 48.5 Å². The Kier molecular flexibility index (Phi) is 11.9. The van der Waals surface area contributed by atoms with Crippen LogP contribution in [0.3, 0.4) is 0 Å². The number of rotatable bonds is 11. The number of hydrogen-bond acceptors (Lipinski definition) is 6. The van der Waals surface area contributed by atoms with Crippen molar-refractivity contribution in [3.63, 3.8) is 0 Å². The van der Waals surface area contributed by atoms with Gasteiger partial charge in [-0.25, -0.2) is 4.39 Å². The van der Waals surface area contributed by atoms with Crippen molar-refractivity contribution in [3.05, 3.63) is 152 Å². The summed E-state index contributed by atoms with van der Waals surface area (Å²) in [4.78, 5) is 42.1. The van der Waals surface area contributed by atoms with Crippen LogP contribution in [-0.4, -0.2) is 23.0 Å². The first-order valence-corrected chi connectivity index (χ1v) is 18.8. The topological polar surface area (TPSA) is 111 Å². The van der Waals surface area contributed by atoms with E-state index >= 15 is 0 Å². The average molecular weight is 749 g/mol. The van der Waals surface area contributed by atoms with Crippen molar-refractivity contribution in [2.24, 2.45) is 0 Å². The first-order chi connectivity index (χ1) is 25.2. The number of thioether (sulfide) groups is 1. The van der Waals surface area contributed by atoms with Crippen LogP contribution in [0.5, 0.6) is 0 Å². The molecular formula is C41H34ClFN4O3S2. The Balaban J connectivity index is 1.16. The number of fused-ring (bicyclic) bond motifs is 1. The lowest BCUT2D eigenvalue weighted by atomic mass is 9.83. The van der Waals surface area contributed by atoms with Gasteiger partial charge in [-0.05, 0) is 91.3 Å². The fourth-order valence-electron chi connectivity index (χ4n) is 6.06. The van der Waals surface area contributed by atoms with E-state index in [0.717, 1.165) is 29.7 Å². The molecule has 3 amide bonds. The molecule has 52 heavy (non-hydrogen) atoms. The molecule has 1 aliphatic rings. The molecule has 0 saturated heterocycles. The average Bonchev–Trinajstić information content (AvgIpc) is 3.51. The fraction of sp³-hybridized carbons (Fsp3) is 0.171. The molecule has 1 aromatic heterocycles. The van der Waals surface area contributed by atoms with E-state index in [0.29, 0.717) is 39.0 Å². The number of carbonyl (C=O) groups excluding carboxylic acids is 3. The molecule has 2 atom stereocenters. The van der Waals surface area contributed by atoms with Gasteiger partial charge in [0, 0.05) is 26.6 Å². The zero-order valence-electron chi connectivity index (χ0n) is 28.1. The quantitative estimate of drug-likeness (QED) is 0.0921. The highest BCUT2D eigenvalue weighted by atomic mass is 35.5. The minimum Gasteiger partial charge on any atom is -0.321 e. The van der Waals surface area contributed by atoms with Crippen molar-refractivity contribution in [2.75, 3.05) is 10.6 Å². The Morgan fingerprint density at radius 2 is 1.73 bits per heavy atom.